The van der Waals surface area contributed by atoms with Crippen LogP contribution in [0.4, 0.5) is 11.4 Å². The van der Waals surface area contributed by atoms with Gasteiger partial charge in [0.1, 0.15) is 24.5 Å². The summed E-state index contributed by atoms with van der Waals surface area (Å²) in [5.74, 6) is 2.28. The van der Waals surface area contributed by atoms with Gasteiger partial charge in [0.25, 0.3) is 5.91 Å². The van der Waals surface area contributed by atoms with E-state index < -0.39 is 0 Å². The van der Waals surface area contributed by atoms with Gasteiger partial charge in [-0.15, -0.1) is 10.2 Å². The molecular weight excluding hydrogens is 598 g/mol. The lowest BCUT2D eigenvalue weighted by Gasteiger charge is -2.27. The summed E-state index contributed by atoms with van der Waals surface area (Å²) in [6.07, 6.45) is 9.52. The number of benzene rings is 3. The molecule has 2 heterocycles. The summed E-state index contributed by atoms with van der Waals surface area (Å²) < 4.78 is 13.6. The van der Waals surface area contributed by atoms with Crippen LogP contribution >= 0.6 is 0 Å². The van der Waals surface area contributed by atoms with Crippen molar-refractivity contribution in [3.63, 3.8) is 0 Å². The average molecular weight is 650 g/mol. The molecule has 8 nitrogen and oxygen atoms in total. The van der Waals surface area contributed by atoms with Crippen LogP contribution in [0.3, 0.4) is 0 Å². The molecule has 0 aliphatic carbocycles. The fourth-order valence-corrected chi connectivity index (χ4v) is 6.02. The highest BCUT2D eigenvalue weighted by molar-refractivity contribution is 6.07. The molecule has 48 heavy (non-hydrogen) atoms. The van der Waals surface area contributed by atoms with Gasteiger partial charge in [-0.05, 0) is 96.3 Å². The Balaban J connectivity index is 1.26. The van der Waals surface area contributed by atoms with Crippen molar-refractivity contribution in [3.8, 4) is 16.9 Å². The zero-order valence-electron chi connectivity index (χ0n) is 29.1. The van der Waals surface area contributed by atoms with Crippen molar-refractivity contribution in [2.75, 3.05) is 43.1 Å². The van der Waals surface area contributed by atoms with Crippen LogP contribution in [-0.4, -0.2) is 53.6 Å². The molecule has 0 spiro atoms. The van der Waals surface area contributed by atoms with Gasteiger partial charge in [0.2, 0.25) is 0 Å². The number of fused-ring (bicyclic) bond motifs is 1. The number of aromatic nitrogens is 3. The molecule has 8 heteroatoms. The molecule has 0 unspecified atom stereocenters. The van der Waals surface area contributed by atoms with E-state index in [1.165, 1.54) is 5.56 Å². The molecule has 0 fully saturated rings. The molecule has 1 aliphatic heterocycles. The third-order valence-electron chi connectivity index (χ3n) is 8.56. The predicted octanol–water partition coefficient (Wildman–Crippen LogP) is 8.22. The third-order valence-corrected chi connectivity index (χ3v) is 8.56. The van der Waals surface area contributed by atoms with E-state index in [0.717, 1.165) is 104 Å². The highest BCUT2D eigenvalue weighted by Gasteiger charge is 2.21. The van der Waals surface area contributed by atoms with E-state index >= 15 is 0 Å². The molecule has 0 atom stereocenters. The van der Waals surface area contributed by atoms with E-state index in [1.807, 2.05) is 30.6 Å². The SMILES string of the molecule is CCCCOCCOc1ccc(-c2ccc3c(c2)C=C(C(=O)Nc2ccc(CCc4nncn4CCC)cc2)CCN3CC(C)C)cc1. The van der Waals surface area contributed by atoms with Crippen molar-refractivity contribution in [2.45, 2.75) is 72.8 Å². The van der Waals surface area contributed by atoms with Gasteiger partial charge in [0.15, 0.2) is 0 Å². The summed E-state index contributed by atoms with van der Waals surface area (Å²) in [4.78, 5) is 16.1. The summed E-state index contributed by atoms with van der Waals surface area (Å²) in [5, 5.41) is 11.5. The number of nitrogens with one attached hydrogen (secondary N) is 1. The highest BCUT2D eigenvalue weighted by atomic mass is 16.5. The second kappa shape index (κ2) is 17.6. The Morgan fingerprint density at radius 2 is 1.71 bits per heavy atom. The van der Waals surface area contributed by atoms with E-state index in [4.69, 9.17) is 9.47 Å². The molecule has 1 aliphatic rings. The highest BCUT2D eigenvalue weighted by Crippen LogP contribution is 2.34. The lowest BCUT2D eigenvalue weighted by Crippen LogP contribution is -2.29. The first kappa shape index (κ1) is 34.9. The first-order chi connectivity index (χ1) is 23.4. The summed E-state index contributed by atoms with van der Waals surface area (Å²) in [6, 6.07) is 22.9. The van der Waals surface area contributed by atoms with Gasteiger partial charge < -0.3 is 24.3 Å². The Kier molecular flexibility index (Phi) is 12.8. The fourth-order valence-electron chi connectivity index (χ4n) is 6.02. The van der Waals surface area contributed by atoms with Crippen molar-refractivity contribution in [2.24, 2.45) is 5.92 Å². The van der Waals surface area contributed by atoms with E-state index in [1.54, 1.807) is 0 Å². The molecule has 4 aromatic rings. The number of hydrogen-bond acceptors (Lipinski definition) is 6. The molecule has 1 aromatic heterocycles. The largest absolute Gasteiger partial charge is 0.491 e. The van der Waals surface area contributed by atoms with Crippen LogP contribution in [0.2, 0.25) is 0 Å². The second-order valence-electron chi connectivity index (χ2n) is 13.0. The predicted molar refractivity (Wildman–Crippen MR) is 196 cm³/mol. The summed E-state index contributed by atoms with van der Waals surface area (Å²) in [5.41, 5.74) is 7.22. The van der Waals surface area contributed by atoms with Gasteiger partial charge in [0, 0.05) is 49.6 Å². The van der Waals surface area contributed by atoms with E-state index in [-0.39, 0.29) is 5.91 Å². The Morgan fingerprint density at radius 1 is 0.917 bits per heavy atom. The minimum atomic E-state index is -0.0571. The van der Waals surface area contributed by atoms with Crippen molar-refractivity contribution < 1.29 is 14.3 Å². The normalized spacial score (nSPS) is 12.9. The Morgan fingerprint density at radius 3 is 2.46 bits per heavy atom. The smallest absolute Gasteiger partial charge is 0.251 e. The van der Waals surface area contributed by atoms with Gasteiger partial charge in [-0.1, -0.05) is 64.4 Å². The van der Waals surface area contributed by atoms with E-state index in [9.17, 15) is 4.79 Å². The van der Waals surface area contributed by atoms with Crippen molar-refractivity contribution >= 4 is 23.4 Å². The van der Waals surface area contributed by atoms with Gasteiger partial charge >= 0.3 is 0 Å². The molecule has 5 rings (SSSR count). The topological polar surface area (TPSA) is 81.5 Å². The Hall–Kier alpha value is -4.43. The summed E-state index contributed by atoms with van der Waals surface area (Å²) >= 11 is 0. The first-order valence-electron chi connectivity index (χ1n) is 17.6. The van der Waals surface area contributed by atoms with Crippen LogP contribution in [0, 0.1) is 5.92 Å². The second-order valence-corrected chi connectivity index (χ2v) is 13.0. The fraction of sp³-hybridized carbons (Fsp3) is 0.425. The molecular formula is C40H51N5O3. The number of unbranched alkanes of at least 4 members (excludes halogenated alkanes) is 1. The van der Waals surface area contributed by atoms with Crippen LogP contribution in [0.25, 0.3) is 17.2 Å². The van der Waals surface area contributed by atoms with Gasteiger partial charge in [-0.25, -0.2) is 0 Å². The molecule has 3 aromatic carbocycles. The quantitative estimate of drug-likeness (QED) is 0.116. The zero-order valence-corrected chi connectivity index (χ0v) is 29.1. The standard InChI is InChI=1S/C40H51N5O3/c1-5-7-23-47-24-25-48-37-16-11-32(12-17-37)33-13-18-38-35(26-33)27-34(20-22-44(38)28-30(3)4)40(46)42-36-14-8-31(9-15-36)10-19-39-43-41-29-45(39)21-6-2/h8-9,11-18,26-27,29-30H,5-7,10,19-25,28H2,1-4H3,(H,42,46). The number of rotatable bonds is 17. The minimum Gasteiger partial charge on any atom is -0.491 e. The van der Waals surface area contributed by atoms with Gasteiger partial charge in [-0.2, -0.15) is 0 Å². The molecule has 254 valence electrons. The maximum Gasteiger partial charge on any atom is 0.251 e. The lowest BCUT2D eigenvalue weighted by atomic mass is 10.00. The van der Waals surface area contributed by atoms with Gasteiger partial charge in [-0.3, -0.25) is 4.79 Å². The van der Waals surface area contributed by atoms with Crippen LogP contribution in [0.5, 0.6) is 5.75 Å². The maximum atomic E-state index is 13.6. The zero-order chi connectivity index (χ0) is 33.7. The number of hydrogen-bond donors (Lipinski definition) is 1. The Bertz CT molecular complexity index is 1630. The molecule has 0 radical (unpaired) electrons. The van der Waals surface area contributed by atoms with Crippen molar-refractivity contribution in [1.82, 2.24) is 14.8 Å². The number of carbonyl (C=O) groups is 1. The minimum absolute atomic E-state index is 0.0571. The van der Waals surface area contributed by atoms with Crippen LogP contribution in [-0.2, 0) is 28.9 Å². The number of aryl methyl sites for hydroxylation is 3. The number of carbonyl (C=O) groups excluding carboxylic acids is 1. The van der Waals surface area contributed by atoms with Crippen molar-refractivity contribution in [3.05, 3.63) is 95.6 Å². The van der Waals surface area contributed by atoms with E-state index in [2.05, 4.69) is 101 Å². The average Bonchev–Trinajstić information content (AvgIpc) is 3.46. The summed E-state index contributed by atoms with van der Waals surface area (Å²) in [7, 11) is 0. The molecule has 1 amide bonds. The molecule has 0 saturated carbocycles. The number of ether oxygens (including phenoxy) is 2. The molecule has 1 N–H and O–H groups in total. The van der Waals surface area contributed by atoms with Crippen LogP contribution in [0.15, 0.2) is 78.6 Å². The number of amides is 1. The summed E-state index contributed by atoms with van der Waals surface area (Å²) in [6.45, 7) is 13.4. The molecule has 0 saturated heterocycles. The molecule has 0 bridgehead atoms. The van der Waals surface area contributed by atoms with E-state index in [0.29, 0.717) is 25.6 Å². The maximum absolute atomic E-state index is 13.6. The van der Waals surface area contributed by atoms with Crippen molar-refractivity contribution in [1.29, 1.82) is 0 Å². The lowest BCUT2D eigenvalue weighted by molar-refractivity contribution is -0.112. The monoisotopic (exact) mass is 649 g/mol. The van der Waals surface area contributed by atoms with Crippen LogP contribution in [0.1, 0.15) is 70.3 Å². The third kappa shape index (κ3) is 9.80. The number of nitrogens with zero attached hydrogens (tertiary/aromatic N) is 4. The Labute approximate surface area is 286 Å². The van der Waals surface area contributed by atoms with Crippen LogP contribution < -0.4 is 15.0 Å². The number of anilines is 2. The first-order valence-corrected chi connectivity index (χ1v) is 17.6. The van der Waals surface area contributed by atoms with Gasteiger partial charge in [0.05, 0.1) is 6.61 Å².